The SMILES string of the molecule is CCN(CC1CCCC1)c1nc2ccccc2cc1CN(Cc1cc(C)cc(C(F)(F)F)c1)c1ncccn1. The predicted molar refractivity (Wildman–Crippen MR) is 150 cm³/mol. The van der Waals surface area contributed by atoms with E-state index < -0.39 is 11.7 Å². The molecule has 1 aliphatic carbocycles. The highest BCUT2D eigenvalue weighted by Crippen LogP contribution is 2.33. The molecule has 0 saturated heterocycles. The lowest BCUT2D eigenvalue weighted by Gasteiger charge is -2.30. The first kappa shape index (κ1) is 26.9. The third-order valence-electron chi connectivity index (χ3n) is 7.45. The molecule has 0 aliphatic heterocycles. The summed E-state index contributed by atoms with van der Waals surface area (Å²) >= 11 is 0. The summed E-state index contributed by atoms with van der Waals surface area (Å²) in [6.45, 7) is 6.26. The minimum atomic E-state index is -4.41. The van der Waals surface area contributed by atoms with Crippen molar-refractivity contribution in [3.05, 3.63) is 89.2 Å². The van der Waals surface area contributed by atoms with Crippen LogP contribution < -0.4 is 9.80 Å². The highest BCUT2D eigenvalue weighted by Gasteiger charge is 2.31. The molecule has 2 aromatic carbocycles. The van der Waals surface area contributed by atoms with Gasteiger partial charge in [0.1, 0.15) is 5.82 Å². The number of halogens is 3. The van der Waals surface area contributed by atoms with Gasteiger partial charge in [0.05, 0.1) is 11.1 Å². The van der Waals surface area contributed by atoms with Crippen LogP contribution in [0.2, 0.25) is 0 Å². The van der Waals surface area contributed by atoms with Crippen LogP contribution in [0.1, 0.15) is 54.9 Å². The molecular weight excluding hydrogens is 499 g/mol. The molecule has 0 radical (unpaired) electrons. The van der Waals surface area contributed by atoms with Crippen LogP contribution in [-0.2, 0) is 19.3 Å². The third-order valence-corrected chi connectivity index (χ3v) is 7.45. The molecule has 0 N–H and O–H groups in total. The first-order valence-corrected chi connectivity index (χ1v) is 13.6. The van der Waals surface area contributed by atoms with Gasteiger partial charge in [-0.2, -0.15) is 13.2 Å². The number of aromatic nitrogens is 3. The summed E-state index contributed by atoms with van der Waals surface area (Å²) in [5, 5.41) is 1.03. The Morgan fingerprint density at radius 2 is 1.64 bits per heavy atom. The van der Waals surface area contributed by atoms with E-state index in [1.807, 2.05) is 29.2 Å². The maximum absolute atomic E-state index is 13.6. The van der Waals surface area contributed by atoms with Gasteiger partial charge in [-0.25, -0.2) is 15.0 Å². The lowest BCUT2D eigenvalue weighted by atomic mass is 10.0. The van der Waals surface area contributed by atoms with Crippen molar-refractivity contribution in [2.75, 3.05) is 22.9 Å². The third kappa shape index (κ3) is 6.49. The summed E-state index contributed by atoms with van der Waals surface area (Å²) in [5.74, 6) is 2.03. The maximum Gasteiger partial charge on any atom is 0.416 e. The van der Waals surface area contributed by atoms with Crippen molar-refractivity contribution in [1.29, 1.82) is 0 Å². The van der Waals surface area contributed by atoms with Crippen molar-refractivity contribution in [2.24, 2.45) is 5.92 Å². The van der Waals surface area contributed by atoms with Gasteiger partial charge in [0.2, 0.25) is 5.95 Å². The summed E-state index contributed by atoms with van der Waals surface area (Å²) in [4.78, 5) is 18.3. The zero-order chi connectivity index (χ0) is 27.4. The maximum atomic E-state index is 13.6. The van der Waals surface area contributed by atoms with Gasteiger partial charge in [-0.15, -0.1) is 0 Å². The monoisotopic (exact) mass is 533 g/mol. The normalized spacial score (nSPS) is 14.2. The number of anilines is 2. The second-order valence-electron chi connectivity index (χ2n) is 10.5. The van der Waals surface area contributed by atoms with Crippen molar-refractivity contribution >= 4 is 22.7 Å². The topological polar surface area (TPSA) is 45.2 Å². The summed E-state index contributed by atoms with van der Waals surface area (Å²) < 4.78 is 40.8. The Hall–Kier alpha value is -3.68. The molecule has 5 rings (SSSR count). The number of benzene rings is 2. The van der Waals surface area contributed by atoms with E-state index in [1.165, 1.54) is 37.8 Å². The van der Waals surface area contributed by atoms with Crippen LogP contribution in [0.15, 0.2) is 67.0 Å². The van der Waals surface area contributed by atoms with E-state index in [9.17, 15) is 13.2 Å². The van der Waals surface area contributed by atoms with E-state index >= 15 is 0 Å². The molecule has 8 heteroatoms. The molecule has 0 unspecified atom stereocenters. The molecule has 0 amide bonds. The Morgan fingerprint density at radius 3 is 2.36 bits per heavy atom. The minimum Gasteiger partial charge on any atom is -0.356 e. The fourth-order valence-corrected chi connectivity index (χ4v) is 5.60. The Kier molecular flexibility index (Phi) is 8.00. The second-order valence-corrected chi connectivity index (χ2v) is 10.5. The van der Waals surface area contributed by atoms with E-state index in [0.717, 1.165) is 35.4 Å². The highest BCUT2D eigenvalue weighted by atomic mass is 19.4. The number of alkyl halides is 3. The molecule has 204 valence electrons. The van der Waals surface area contributed by atoms with Gasteiger partial charge in [0.25, 0.3) is 0 Å². The zero-order valence-electron chi connectivity index (χ0n) is 22.5. The summed E-state index contributed by atoms with van der Waals surface area (Å²) in [6, 6.07) is 16.1. The Balaban J connectivity index is 1.55. The highest BCUT2D eigenvalue weighted by molar-refractivity contribution is 5.82. The van der Waals surface area contributed by atoms with Crippen molar-refractivity contribution in [2.45, 2.75) is 58.8 Å². The number of hydrogen-bond donors (Lipinski definition) is 0. The molecule has 2 heterocycles. The summed E-state index contributed by atoms with van der Waals surface area (Å²) in [5.41, 5.74) is 2.41. The number of pyridine rings is 1. The summed E-state index contributed by atoms with van der Waals surface area (Å²) in [6.07, 6.45) is 3.92. The molecule has 0 spiro atoms. The predicted octanol–water partition coefficient (Wildman–Crippen LogP) is 7.58. The number of nitrogens with zero attached hydrogens (tertiary/aromatic N) is 5. The van der Waals surface area contributed by atoms with Gasteiger partial charge in [-0.1, -0.05) is 42.7 Å². The standard InChI is InChI=1S/C31H34F3N5/c1-3-38(19-23-9-4-5-10-23)29-26(18-25-11-6-7-12-28(25)37-29)21-39(30-35-13-8-14-36-30)20-24-15-22(2)16-27(17-24)31(32,33)34/h6-8,11-18,23H,3-5,9-10,19-21H2,1-2H3. The number of aryl methyl sites for hydroxylation is 1. The molecule has 4 aromatic rings. The molecular formula is C31H34F3N5. The first-order valence-electron chi connectivity index (χ1n) is 13.6. The van der Waals surface area contributed by atoms with E-state index in [2.05, 4.69) is 27.9 Å². The summed E-state index contributed by atoms with van der Waals surface area (Å²) in [7, 11) is 0. The van der Waals surface area contributed by atoms with E-state index in [1.54, 1.807) is 31.5 Å². The molecule has 5 nitrogen and oxygen atoms in total. The number of fused-ring (bicyclic) bond motifs is 1. The van der Waals surface area contributed by atoms with Gasteiger partial charge >= 0.3 is 6.18 Å². The molecule has 0 atom stereocenters. The lowest BCUT2D eigenvalue weighted by molar-refractivity contribution is -0.137. The van der Waals surface area contributed by atoms with Gasteiger partial charge < -0.3 is 9.80 Å². The second kappa shape index (κ2) is 11.6. The van der Waals surface area contributed by atoms with Crippen LogP contribution in [-0.4, -0.2) is 28.0 Å². The van der Waals surface area contributed by atoms with Crippen LogP contribution in [0.25, 0.3) is 10.9 Å². The van der Waals surface area contributed by atoms with Crippen molar-refractivity contribution in [3.8, 4) is 0 Å². The van der Waals surface area contributed by atoms with Crippen molar-refractivity contribution < 1.29 is 13.2 Å². The van der Waals surface area contributed by atoms with Crippen LogP contribution in [0.3, 0.4) is 0 Å². The average Bonchev–Trinajstić information content (AvgIpc) is 3.44. The molecule has 0 bridgehead atoms. The van der Waals surface area contributed by atoms with Crippen molar-refractivity contribution in [3.63, 3.8) is 0 Å². The lowest BCUT2D eigenvalue weighted by Crippen LogP contribution is -2.32. The Bertz CT molecular complexity index is 1400. The number of rotatable bonds is 9. The zero-order valence-corrected chi connectivity index (χ0v) is 22.5. The van der Waals surface area contributed by atoms with Gasteiger partial charge in [0.15, 0.2) is 0 Å². The van der Waals surface area contributed by atoms with Crippen LogP contribution in [0, 0.1) is 12.8 Å². The molecule has 2 aromatic heterocycles. The van der Waals surface area contributed by atoms with Crippen LogP contribution in [0.4, 0.5) is 24.9 Å². The fourth-order valence-electron chi connectivity index (χ4n) is 5.60. The Morgan fingerprint density at radius 1 is 0.897 bits per heavy atom. The smallest absolute Gasteiger partial charge is 0.356 e. The average molecular weight is 534 g/mol. The fraction of sp³-hybridized carbons (Fsp3) is 0.387. The molecule has 39 heavy (non-hydrogen) atoms. The number of hydrogen-bond acceptors (Lipinski definition) is 5. The van der Waals surface area contributed by atoms with E-state index in [-0.39, 0.29) is 6.54 Å². The van der Waals surface area contributed by atoms with E-state index in [0.29, 0.717) is 29.5 Å². The minimum absolute atomic E-state index is 0.232. The van der Waals surface area contributed by atoms with Gasteiger partial charge in [0, 0.05) is 49.5 Å². The largest absolute Gasteiger partial charge is 0.416 e. The first-order chi connectivity index (χ1) is 18.8. The van der Waals surface area contributed by atoms with Crippen LogP contribution >= 0.6 is 0 Å². The molecule has 1 saturated carbocycles. The quantitative estimate of drug-likeness (QED) is 0.222. The van der Waals surface area contributed by atoms with Crippen molar-refractivity contribution in [1.82, 2.24) is 15.0 Å². The van der Waals surface area contributed by atoms with Crippen LogP contribution in [0.5, 0.6) is 0 Å². The van der Waals surface area contributed by atoms with Gasteiger partial charge in [-0.3, -0.25) is 0 Å². The number of para-hydroxylation sites is 1. The Labute approximate surface area is 227 Å². The van der Waals surface area contributed by atoms with Gasteiger partial charge in [-0.05, 0) is 68.5 Å². The molecule has 1 fully saturated rings. The van der Waals surface area contributed by atoms with E-state index in [4.69, 9.17) is 4.98 Å². The molecule has 1 aliphatic rings.